The summed E-state index contributed by atoms with van der Waals surface area (Å²) >= 11 is 0. The Morgan fingerprint density at radius 2 is 1.65 bits per heavy atom. The maximum atomic E-state index is 12.0. The number of hydrogen-bond donors (Lipinski definition) is 1. The number of sulfone groups is 1. The summed E-state index contributed by atoms with van der Waals surface area (Å²) in [6.45, 7) is 4.79. The van der Waals surface area contributed by atoms with Gasteiger partial charge >= 0.3 is 0 Å². The van der Waals surface area contributed by atoms with E-state index in [2.05, 4.69) is 36.1 Å². The van der Waals surface area contributed by atoms with Gasteiger partial charge in [-0.2, -0.15) is 0 Å². The molecular formula is C21H28N2O2S. The summed E-state index contributed by atoms with van der Waals surface area (Å²) in [6.07, 6.45) is 3.70. The normalized spacial score (nSPS) is 18.3. The lowest BCUT2D eigenvalue weighted by Gasteiger charge is -2.20. The van der Waals surface area contributed by atoms with Gasteiger partial charge in [0.15, 0.2) is 9.84 Å². The van der Waals surface area contributed by atoms with Gasteiger partial charge in [0, 0.05) is 19.1 Å². The van der Waals surface area contributed by atoms with E-state index in [0.717, 1.165) is 24.1 Å². The standard InChI is InChI=1S/C21H28N2O2S/c1-17-3-2-14-23(17)15-12-18-4-6-19(7-5-18)20-8-10-21(11-9-20)26(24,25)16-13-22/h4-11,17H,2-3,12-16,22H2,1H3. The molecule has 2 N–H and O–H groups in total. The molecule has 0 spiro atoms. The van der Waals surface area contributed by atoms with Gasteiger partial charge in [-0.25, -0.2) is 8.42 Å². The Balaban J connectivity index is 1.64. The molecule has 1 unspecified atom stereocenters. The first-order valence-corrected chi connectivity index (χ1v) is 11.0. The smallest absolute Gasteiger partial charge is 0.179 e. The van der Waals surface area contributed by atoms with Crippen LogP contribution in [0.2, 0.25) is 0 Å². The third kappa shape index (κ3) is 4.53. The second kappa shape index (κ2) is 8.33. The highest BCUT2D eigenvalue weighted by atomic mass is 32.2. The molecule has 0 saturated carbocycles. The van der Waals surface area contributed by atoms with Crippen LogP contribution >= 0.6 is 0 Å². The van der Waals surface area contributed by atoms with Crippen LogP contribution in [-0.4, -0.2) is 44.7 Å². The first-order valence-electron chi connectivity index (χ1n) is 9.36. The van der Waals surface area contributed by atoms with E-state index in [-0.39, 0.29) is 12.3 Å². The Morgan fingerprint density at radius 3 is 2.19 bits per heavy atom. The molecule has 0 bridgehead atoms. The summed E-state index contributed by atoms with van der Waals surface area (Å²) < 4.78 is 24.1. The SMILES string of the molecule is CC1CCCN1CCc1ccc(-c2ccc(S(=O)(=O)CCN)cc2)cc1. The Kier molecular flexibility index (Phi) is 6.12. The number of nitrogens with two attached hydrogens (primary N) is 1. The van der Waals surface area contributed by atoms with Gasteiger partial charge in [0.2, 0.25) is 0 Å². The van der Waals surface area contributed by atoms with Gasteiger partial charge in [-0.15, -0.1) is 0 Å². The van der Waals surface area contributed by atoms with Crippen molar-refractivity contribution in [2.45, 2.75) is 37.1 Å². The quantitative estimate of drug-likeness (QED) is 0.811. The van der Waals surface area contributed by atoms with Gasteiger partial charge in [-0.05, 0) is 61.6 Å². The summed E-state index contributed by atoms with van der Waals surface area (Å²) in [7, 11) is -3.27. The van der Waals surface area contributed by atoms with E-state index in [1.807, 2.05) is 12.1 Å². The average Bonchev–Trinajstić information content (AvgIpc) is 3.05. The van der Waals surface area contributed by atoms with Crippen molar-refractivity contribution in [1.82, 2.24) is 4.90 Å². The van der Waals surface area contributed by atoms with E-state index in [1.165, 1.54) is 24.9 Å². The number of hydrogen-bond acceptors (Lipinski definition) is 4. The minimum Gasteiger partial charge on any atom is -0.329 e. The van der Waals surface area contributed by atoms with E-state index < -0.39 is 9.84 Å². The number of likely N-dealkylation sites (tertiary alicyclic amines) is 1. The van der Waals surface area contributed by atoms with Crippen LogP contribution in [0.3, 0.4) is 0 Å². The monoisotopic (exact) mass is 372 g/mol. The molecule has 0 amide bonds. The minimum atomic E-state index is -3.27. The number of benzene rings is 2. The second-order valence-corrected chi connectivity index (χ2v) is 9.22. The molecule has 0 aromatic heterocycles. The van der Waals surface area contributed by atoms with Crippen molar-refractivity contribution >= 4 is 9.84 Å². The molecule has 140 valence electrons. The fraction of sp³-hybridized carbons (Fsp3) is 0.429. The molecule has 1 atom stereocenters. The van der Waals surface area contributed by atoms with Crippen LogP contribution in [-0.2, 0) is 16.3 Å². The van der Waals surface area contributed by atoms with E-state index in [1.54, 1.807) is 12.1 Å². The zero-order valence-electron chi connectivity index (χ0n) is 15.4. The van der Waals surface area contributed by atoms with E-state index in [9.17, 15) is 8.42 Å². The predicted molar refractivity (Wildman–Crippen MR) is 107 cm³/mol. The molecule has 0 radical (unpaired) electrons. The van der Waals surface area contributed by atoms with Crippen molar-refractivity contribution in [2.75, 3.05) is 25.4 Å². The molecule has 2 aromatic rings. The van der Waals surface area contributed by atoms with Gasteiger partial charge in [0.1, 0.15) is 0 Å². The van der Waals surface area contributed by atoms with Crippen LogP contribution in [0.25, 0.3) is 11.1 Å². The molecule has 1 saturated heterocycles. The largest absolute Gasteiger partial charge is 0.329 e. The fourth-order valence-electron chi connectivity index (χ4n) is 3.59. The van der Waals surface area contributed by atoms with Gasteiger partial charge in [0.05, 0.1) is 10.6 Å². The summed E-state index contributed by atoms with van der Waals surface area (Å²) in [5, 5.41) is 0. The fourth-order valence-corrected chi connectivity index (χ4v) is 4.69. The van der Waals surface area contributed by atoms with E-state index in [4.69, 9.17) is 5.73 Å². The average molecular weight is 373 g/mol. The van der Waals surface area contributed by atoms with E-state index >= 15 is 0 Å². The molecule has 1 fully saturated rings. The van der Waals surface area contributed by atoms with Crippen molar-refractivity contribution in [3.05, 3.63) is 54.1 Å². The van der Waals surface area contributed by atoms with E-state index in [0.29, 0.717) is 10.9 Å². The molecule has 1 aliphatic heterocycles. The zero-order chi connectivity index (χ0) is 18.6. The lowest BCUT2D eigenvalue weighted by Crippen LogP contribution is -2.28. The Morgan fingerprint density at radius 1 is 1.04 bits per heavy atom. The van der Waals surface area contributed by atoms with Gasteiger partial charge in [0.25, 0.3) is 0 Å². The van der Waals surface area contributed by atoms with Crippen molar-refractivity contribution in [3.8, 4) is 11.1 Å². The van der Waals surface area contributed by atoms with Gasteiger partial charge in [-0.1, -0.05) is 36.4 Å². The highest BCUT2D eigenvalue weighted by Gasteiger charge is 2.19. The molecule has 1 aliphatic rings. The molecule has 3 rings (SSSR count). The molecule has 26 heavy (non-hydrogen) atoms. The first kappa shape index (κ1) is 19.1. The molecular weight excluding hydrogens is 344 g/mol. The van der Waals surface area contributed by atoms with Crippen LogP contribution in [0.5, 0.6) is 0 Å². The van der Waals surface area contributed by atoms with Gasteiger partial charge < -0.3 is 10.6 Å². The van der Waals surface area contributed by atoms with Crippen molar-refractivity contribution in [2.24, 2.45) is 5.73 Å². The highest BCUT2D eigenvalue weighted by Crippen LogP contribution is 2.23. The number of nitrogens with zero attached hydrogens (tertiary/aromatic N) is 1. The Bertz CT molecular complexity index is 814. The predicted octanol–water partition coefficient (Wildman–Crippen LogP) is 3.11. The zero-order valence-corrected chi connectivity index (χ0v) is 16.2. The maximum absolute atomic E-state index is 12.0. The van der Waals surface area contributed by atoms with Crippen molar-refractivity contribution < 1.29 is 8.42 Å². The first-order chi connectivity index (χ1) is 12.5. The number of rotatable bonds is 7. The molecule has 5 heteroatoms. The Hall–Kier alpha value is -1.69. The van der Waals surface area contributed by atoms with Crippen molar-refractivity contribution in [3.63, 3.8) is 0 Å². The topological polar surface area (TPSA) is 63.4 Å². The van der Waals surface area contributed by atoms with Crippen LogP contribution in [0, 0.1) is 0 Å². The van der Waals surface area contributed by atoms with Crippen LogP contribution in [0.1, 0.15) is 25.3 Å². The molecule has 4 nitrogen and oxygen atoms in total. The minimum absolute atomic E-state index is 0.0172. The highest BCUT2D eigenvalue weighted by molar-refractivity contribution is 7.91. The third-order valence-corrected chi connectivity index (χ3v) is 7.03. The van der Waals surface area contributed by atoms with Gasteiger partial charge in [-0.3, -0.25) is 0 Å². The van der Waals surface area contributed by atoms with Crippen LogP contribution in [0.4, 0.5) is 0 Å². The third-order valence-electron chi connectivity index (χ3n) is 5.27. The molecule has 2 aromatic carbocycles. The second-order valence-electron chi connectivity index (χ2n) is 7.11. The van der Waals surface area contributed by atoms with Crippen LogP contribution < -0.4 is 5.73 Å². The maximum Gasteiger partial charge on any atom is 0.179 e. The van der Waals surface area contributed by atoms with Crippen molar-refractivity contribution in [1.29, 1.82) is 0 Å². The lowest BCUT2D eigenvalue weighted by molar-refractivity contribution is 0.272. The molecule has 0 aliphatic carbocycles. The summed E-state index contributed by atoms with van der Waals surface area (Å²) in [5.41, 5.74) is 8.85. The summed E-state index contributed by atoms with van der Waals surface area (Å²) in [4.78, 5) is 2.90. The van der Waals surface area contributed by atoms with Crippen LogP contribution in [0.15, 0.2) is 53.4 Å². The summed E-state index contributed by atoms with van der Waals surface area (Å²) in [6, 6.07) is 16.4. The lowest BCUT2D eigenvalue weighted by atomic mass is 10.0. The Labute approximate surface area is 156 Å². The summed E-state index contributed by atoms with van der Waals surface area (Å²) in [5.74, 6) is -0.0172. The molecule has 1 heterocycles.